The van der Waals surface area contributed by atoms with Crippen molar-refractivity contribution in [3.8, 4) is 5.75 Å². The van der Waals surface area contributed by atoms with Crippen LogP contribution in [0, 0.1) is 5.41 Å². The Labute approximate surface area is 175 Å². The predicted octanol–water partition coefficient (Wildman–Crippen LogP) is 2.76. The first-order chi connectivity index (χ1) is 14.4. The van der Waals surface area contributed by atoms with Crippen molar-refractivity contribution in [2.45, 2.75) is 25.8 Å². The van der Waals surface area contributed by atoms with Crippen LogP contribution in [0.15, 0.2) is 24.0 Å². The zero-order valence-electron chi connectivity index (χ0n) is 17.5. The lowest BCUT2D eigenvalue weighted by Gasteiger charge is -2.37. The maximum atomic E-state index is 11.9. The number of aryl methyl sites for hydroxylation is 1. The van der Waals surface area contributed by atoms with Crippen LogP contribution in [0.2, 0.25) is 0 Å². The molecule has 2 aliphatic heterocycles. The molecule has 0 spiro atoms. The topological polar surface area (TPSA) is 104 Å². The Morgan fingerprint density at radius 1 is 1.33 bits per heavy atom. The minimum absolute atomic E-state index is 0.0811. The number of likely N-dealkylation sites (tertiary alicyclic amines) is 1. The normalized spacial score (nSPS) is 17.9. The van der Waals surface area contributed by atoms with Gasteiger partial charge in [0.25, 0.3) is 0 Å². The predicted molar refractivity (Wildman–Crippen MR) is 113 cm³/mol. The molecule has 0 atom stereocenters. The van der Waals surface area contributed by atoms with E-state index in [1.54, 1.807) is 18.9 Å². The largest absolute Gasteiger partial charge is 0.510 e. The van der Waals surface area contributed by atoms with Gasteiger partial charge in [0.2, 0.25) is 0 Å². The molecule has 0 saturated carbocycles. The molecule has 1 saturated heterocycles. The molecule has 1 fully saturated rings. The van der Waals surface area contributed by atoms with Crippen molar-refractivity contribution in [2.24, 2.45) is 7.05 Å². The van der Waals surface area contributed by atoms with E-state index in [2.05, 4.69) is 4.98 Å². The Morgan fingerprint density at radius 3 is 2.73 bits per heavy atom. The van der Waals surface area contributed by atoms with Crippen molar-refractivity contribution in [1.29, 1.82) is 5.41 Å². The van der Waals surface area contributed by atoms with E-state index in [1.165, 1.54) is 0 Å². The van der Waals surface area contributed by atoms with Gasteiger partial charge in [-0.15, -0.1) is 0 Å². The van der Waals surface area contributed by atoms with E-state index in [1.807, 2.05) is 34.7 Å². The number of imidazole rings is 1. The quantitative estimate of drug-likeness (QED) is 0.799. The standard InChI is InChI=1S/C21H27N5O4/c1-4-30-21(28)25-9-7-13(8-10-25)26-12-17(27)18(19(26)22)20-23-15-11-14(29-3)5-6-16(15)24(20)2/h5-6,11,13,22,27H,4,7-10,12H2,1-3H3. The van der Waals surface area contributed by atoms with Gasteiger partial charge in [-0.2, -0.15) is 0 Å². The Kier molecular flexibility index (Phi) is 5.27. The van der Waals surface area contributed by atoms with E-state index in [9.17, 15) is 9.90 Å². The highest BCUT2D eigenvalue weighted by atomic mass is 16.6. The number of carbonyl (C=O) groups is 1. The summed E-state index contributed by atoms with van der Waals surface area (Å²) >= 11 is 0. The summed E-state index contributed by atoms with van der Waals surface area (Å²) in [6, 6.07) is 5.71. The Hall–Kier alpha value is -3.23. The second-order valence-electron chi connectivity index (χ2n) is 7.56. The number of rotatable bonds is 4. The number of nitrogens with one attached hydrogen (secondary N) is 1. The molecule has 160 valence electrons. The van der Waals surface area contributed by atoms with Gasteiger partial charge in [0, 0.05) is 32.2 Å². The number of carbonyl (C=O) groups excluding carboxylic acids is 1. The Morgan fingerprint density at radius 2 is 2.07 bits per heavy atom. The SMILES string of the molecule is CCOC(=O)N1CCC(N2CC(O)=C(c3nc4cc(OC)ccc4n3C)C2=N)CC1. The average Bonchev–Trinajstić information content (AvgIpc) is 3.23. The summed E-state index contributed by atoms with van der Waals surface area (Å²) in [5.74, 6) is 1.69. The van der Waals surface area contributed by atoms with E-state index in [0.29, 0.717) is 36.8 Å². The maximum Gasteiger partial charge on any atom is 0.409 e. The molecule has 0 radical (unpaired) electrons. The van der Waals surface area contributed by atoms with Crippen LogP contribution in [-0.4, -0.2) is 75.8 Å². The second kappa shape index (κ2) is 7.89. The van der Waals surface area contributed by atoms with Crippen LogP contribution in [0.1, 0.15) is 25.6 Å². The third-order valence-corrected chi connectivity index (χ3v) is 5.88. The van der Waals surface area contributed by atoms with Gasteiger partial charge in [0.15, 0.2) is 0 Å². The summed E-state index contributed by atoms with van der Waals surface area (Å²) in [6.07, 6.45) is 1.16. The lowest BCUT2D eigenvalue weighted by atomic mass is 10.0. The molecule has 1 amide bonds. The third-order valence-electron chi connectivity index (χ3n) is 5.88. The number of amides is 1. The van der Waals surface area contributed by atoms with Gasteiger partial charge in [0.05, 0.1) is 36.9 Å². The van der Waals surface area contributed by atoms with Crippen LogP contribution in [-0.2, 0) is 11.8 Å². The fourth-order valence-corrected chi connectivity index (χ4v) is 4.25. The smallest absolute Gasteiger partial charge is 0.409 e. The van der Waals surface area contributed by atoms with Crippen molar-refractivity contribution in [3.05, 3.63) is 29.8 Å². The minimum Gasteiger partial charge on any atom is -0.510 e. The number of fused-ring (bicyclic) bond motifs is 1. The number of piperidine rings is 1. The first-order valence-electron chi connectivity index (χ1n) is 10.1. The number of ether oxygens (including phenoxy) is 2. The summed E-state index contributed by atoms with van der Waals surface area (Å²) in [5, 5.41) is 19.5. The Bertz CT molecular complexity index is 1020. The number of aromatic nitrogens is 2. The number of hydrogen-bond acceptors (Lipinski definition) is 6. The first kappa shape index (κ1) is 20.1. The van der Waals surface area contributed by atoms with Gasteiger partial charge in [0.1, 0.15) is 23.2 Å². The molecule has 2 aliphatic rings. The fourth-order valence-electron chi connectivity index (χ4n) is 4.25. The number of nitrogens with zero attached hydrogens (tertiary/aromatic N) is 4. The van der Waals surface area contributed by atoms with Gasteiger partial charge in [-0.25, -0.2) is 9.78 Å². The monoisotopic (exact) mass is 413 g/mol. The number of amidine groups is 1. The van der Waals surface area contributed by atoms with E-state index >= 15 is 0 Å². The molecule has 2 N–H and O–H groups in total. The van der Waals surface area contributed by atoms with Crippen LogP contribution in [0.25, 0.3) is 16.6 Å². The van der Waals surface area contributed by atoms with Crippen LogP contribution < -0.4 is 4.74 Å². The number of hydrogen-bond donors (Lipinski definition) is 2. The van der Waals surface area contributed by atoms with E-state index in [-0.39, 0.29) is 30.3 Å². The fraction of sp³-hybridized carbons (Fsp3) is 0.476. The average molecular weight is 413 g/mol. The zero-order valence-corrected chi connectivity index (χ0v) is 17.5. The molecule has 4 rings (SSSR count). The van der Waals surface area contributed by atoms with Gasteiger partial charge >= 0.3 is 6.09 Å². The van der Waals surface area contributed by atoms with Crippen LogP contribution >= 0.6 is 0 Å². The molecule has 2 aromatic rings. The highest BCUT2D eigenvalue weighted by molar-refractivity contribution is 6.23. The van der Waals surface area contributed by atoms with Crippen LogP contribution in [0.4, 0.5) is 4.79 Å². The molecular weight excluding hydrogens is 386 g/mol. The summed E-state index contributed by atoms with van der Waals surface area (Å²) < 4.78 is 12.2. The lowest BCUT2D eigenvalue weighted by molar-refractivity contribution is 0.0876. The molecule has 0 unspecified atom stereocenters. The molecule has 3 heterocycles. The highest BCUT2D eigenvalue weighted by Gasteiger charge is 2.37. The molecule has 1 aromatic carbocycles. The molecule has 0 aliphatic carbocycles. The lowest BCUT2D eigenvalue weighted by Crippen LogP contribution is -2.47. The highest BCUT2D eigenvalue weighted by Crippen LogP contribution is 2.33. The summed E-state index contributed by atoms with van der Waals surface area (Å²) in [4.78, 5) is 20.2. The zero-order chi connectivity index (χ0) is 21.4. The minimum atomic E-state index is -0.288. The number of benzene rings is 1. The van der Waals surface area contributed by atoms with Crippen molar-refractivity contribution in [2.75, 3.05) is 33.4 Å². The van der Waals surface area contributed by atoms with E-state index in [4.69, 9.17) is 14.9 Å². The maximum absolute atomic E-state index is 11.9. The number of aliphatic hydroxyl groups excluding tert-OH is 1. The van der Waals surface area contributed by atoms with E-state index < -0.39 is 0 Å². The van der Waals surface area contributed by atoms with Gasteiger partial charge in [-0.1, -0.05) is 0 Å². The third kappa shape index (κ3) is 3.34. The van der Waals surface area contributed by atoms with Crippen LogP contribution in [0.5, 0.6) is 5.75 Å². The summed E-state index contributed by atoms with van der Waals surface area (Å²) in [6.45, 7) is 3.60. The van der Waals surface area contributed by atoms with Crippen molar-refractivity contribution in [1.82, 2.24) is 19.4 Å². The van der Waals surface area contributed by atoms with Crippen molar-refractivity contribution in [3.63, 3.8) is 0 Å². The Balaban J connectivity index is 1.53. The molecule has 30 heavy (non-hydrogen) atoms. The number of methoxy groups -OCH3 is 1. The molecule has 9 nitrogen and oxygen atoms in total. The second-order valence-corrected chi connectivity index (χ2v) is 7.56. The number of aliphatic hydroxyl groups is 1. The van der Waals surface area contributed by atoms with Crippen molar-refractivity contribution >= 4 is 28.5 Å². The van der Waals surface area contributed by atoms with Gasteiger partial charge < -0.3 is 28.9 Å². The molecule has 1 aromatic heterocycles. The van der Waals surface area contributed by atoms with Crippen LogP contribution in [0.3, 0.4) is 0 Å². The summed E-state index contributed by atoms with van der Waals surface area (Å²) in [7, 11) is 3.49. The van der Waals surface area contributed by atoms with Gasteiger partial charge in [-0.3, -0.25) is 5.41 Å². The summed E-state index contributed by atoms with van der Waals surface area (Å²) in [5.41, 5.74) is 2.11. The molecule has 9 heteroatoms. The van der Waals surface area contributed by atoms with E-state index in [0.717, 1.165) is 23.9 Å². The van der Waals surface area contributed by atoms with Crippen molar-refractivity contribution < 1.29 is 19.4 Å². The first-order valence-corrected chi connectivity index (χ1v) is 10.1. The van der Waals surface area contributed by atoms with Gasteiger partial charge in [-0.05, 0) is 31.9 Å². The molecule has 0 bridgehead atoms. The molecular formula is C21H27N5O4.